The van der Waals surface area contributed by atoms with E-state index in [-0.39, 0.29) is 6.61 Å². The Morgan fingerprint density at radius 3 is 2.57 bits per heavy atom. The molecule has 23 heavy (non-hydrogen) atoms. The number of amides is 1. The number of rotatable bonds is 3. The van der Waals surface area contributed by atoms with Crippen LogP contribution in [-0.4, -0.2) is 42.3 Å². The summed E-state index contributed by atoms with van der Waals surface area (Å²) in [6.07, 6.45) is -0.0435. The number of carboxylic acid groups (broad SMARTS) is 1. The van der Waals surface area contributed by atoms with Gasteiger partial charge in [-0.15, -0.1) is 0 Å². The Hall–Kier alpha value is -1.76. The van der Waals surface area contributed by atoms with Crippen LogP contribution in [0.1, 0.15) is 37.9 Å². The van der Waals surface area contributed by atoms with E-state index in [1.807, 2.05) is 19.9 Å². The van der Waals surface area contributed by atoms with Gasteiger partial charge in [-0.1, -0.05) is 13.8 Å². The van der Waals surface area contributed by atoms with E-state index in [1.54, 1.807) is 13.0 Å². The SMILES string of the molecule is CC.CCOC(=O)N1CCc2cc(Br)c(OC)cc2C1C(=O)O. The highest BCUT2D eigenvalue weighted by atomic mass is 79.9. The van der Waals surface area contributed by atoms with Crippen molar-refractivity contribution in [1.29, 1.82) is 0 Å². The first-order valence-electron chi connectivity index (χ1n) is 7.52. The van der Waals surface area contributed by atoms with E-state index in [9.17, 15) is 14.7 Å². The number of hydrogen-bond donors (Lipinski definition) is 1. The first kappa shape index (κ1) is 19.3. The summed E-state index contributed by atoms with van der Waals surface area (Å²) < 4.78 is 10.9. The van der Waals surface area contributed by atoms with Crippen molar-refractivity contribution in [3.8, 4) is 5.75 Å². The third kappa shape index (κ3) is 4.16. The second kappa shape index (κ2) is 8.76. The van der Waals surface area contributed by atoms with Gasteiger partial charge in [0.15, 0.2) is 6.04 Å². The van der Waals surface area contributed by atoms with Crippen LogP contribution in [0.5, 0.6) is 5.75 Å². The standard InChI is InChI=1S/C14H16BrNO5.C2H6/c1-3-21-14(19)16-5-4-8-6-10(15)11(20-2)7-9(8)12(16)13(17)18;1-2/h6-7,12H,3-5H2,1-2H3,(H,17,18);1-2H3. The Bertz CT molecular complexity index is 576. The largest absolute Gasteiger partial charge is 0.496 e. The maximum atomic E-state index is 11.9. The van der Waals surface area contributed by atoms with E-state index in [1.165, 1.54) is 12.0 Å². The van der Waals surface area contributed by atoms with Gasteiger partial charge < -0.3 is 14.6 Å². The Kier molecular flexibility index (Phi) is 7.35. The van der Waals surface area contributed by atoms with Crippen LogP contribution in [0, 0.1) is 0 Å². The molecule has 0 fully saturated rings. The molecule has 6 nitrogen and oxygen atoms in total. The molecule has 1 aliphatic heterocycles. The molecular formula is C16H22BrNO5. The number of carboxylic acids is 1. The number of ether oxygens (including phenoxy) is 2. The summed E-state index contributed by atoms with van der Waals surface area (Å²) in [5, 5.41) is 9.50. The Balaban J connectivity index is 0.00000127. The smallest absolute Gasteiger partial charge is 0.410 e. The predicted molar refractivity (Wildman–Crippen MR) is 89.9 cm³/mol. The average molecular weight is 388 g/mol. The van der Waals surface area contributed by atoms with E-state index in [4.69, 9.17) is 9.47 Å². The van der Waals surface area contributed by atoms with Crippen molar-refractivity contribution in [1.82, 2.24) is 4.90 Å². The zero-order chi connectivity index (χ0) is 17.6. The van der Waals surface area contributed by atoms with Gasteiger partial charge in [-0.3, -0.25) is 4.90 Å². The monoisotopic (exact) mass is 387 g/mol. The number of aliphatic carboxylic acids is 1. The van der Waals surface area contributed by atoms with Gasteiger partial charge in [-0.2, -0.15) is 0 Å². The molecule has 2 rings (SSSR count). The Labute approximate surface area is 144 Å². The van der Waals surface area contributed by atoms with E-state index in [0.717, 1.165) is 10.0 Å². The van der Waals surface area contributed by atoms with Crippen molar-refractivity contribution < 1.29 is 24.2 Å². The van der Waals surface area contributed by atoms with Crippen molar-refractivity contribution in [3.05, 3.63) is 27.7 Å². The topological polar surface area (TPSA) is 76.1 Å². The highest BCUT2D eigenvalue weighted by Crippen LogP contribution is 2.37. The fourth-order valence-corrected chi connectivity index (χ4v) is 3.00. The minimum atomic E-state index is -1.09. The number of carbonyl (C=O) groups excluding carboxylic acids is 1. The van der Waals surface area contributed by atoms with Gasteiger partial charge in [0.25, 0.3) is 0 Å². The first-order valence-corrected chi connectivity index (χ1v) is 8.31. The van der Waals surface area contributed by atoms with Crippen LogP contribution in [0.15, 0.2) is 16.6 Å². The molecule has 7 heteroatoms. The summed E-state index contributed by atoms with van der Waals surface area (Å²) in [7, 11) is 1.51. The lowest BCUT2D eigenvalue weighted by Gasteiger charge is -2.34. The molecular weight excluding hydrogens is 366 g/mol. The van der Waals surface area contributed by atoms with E-state index in [0.29, 0.717) is 24.3 Å². The highest BCUT2D eigenvalue weighted by Gasteiger charge is 2.37. The van der Waals surface area contributed by atoms with Gasteiger partial charge in [-0.05, 0) is 52.5 Å². The van der Waals surface area contributed by atoms with Crippen LogP contribution < -0.4 is 4.74 Å². The molecule has 1 unspecified atom stereocenters. The quantitative estimate of drug-likeness (QED) is 0.856. The van der Waals surface area contributed by atoms with Crippen molar-refractivity contribution in [2.45, 2.75) is 33.2 Å². The molecule has 1 atom stereocenters. The van der Waals surface area contributed by atoms with Crippen LogP contribution in [0.25, 0.3) is 0 Å². The maximum Gasteiger partial charge on any atom is 0.410 e. The molecule has 0 aromatic heterocycles. The van der Waals surface area contributed by atoms with E-state index in [2.05, 4.69) is 15.9 Å². The number of benzene rings is 1. The third-order valence-electron chi connectivity index (χ3n) is 3.38. The molecule has 0 saturated carbocycles. The van der Waals surface area contributed by atoms with E-state index < -0.39 is 18.1 Å². The van der Waals surface area contributed by atoms with Gasteiger partial charge in [0.05, 0.1) is 18.2 Å². The number of hydrogen-bond acceptors (Lipinski definition) is 4. The second-order valence-corrected chi connectivity index (χ2v) is 5.42. The minimum absolute atomic E-state index is 0.207. The average Bonchev–Trinajstić information content (AvgIpc) is 2.54. The van der Waals surface area contributed by atoms with Gasteiger partial charge in [0, 0.05) is 6.54 Å². The van der Waals surface area contributed by atoms with Crippen molar-refractivity contribution >= 4 is 28.0 Å². The molecule has 0 saturated heterocycles. The van der Waals surface area contributed by atoms with Crippen LogP contribution >= 0.6 is 15.9 Å². The Morgan fingerprint density at radius 1 is 1.39 bits per heavy atom. The van der Waals surface area contributed by atoms with Crippen molar-refractivity contribution in [3.63, 3.8) is 0 Å². The number of nitrogens with zero attached hydrogens (tertiary/aromatic N) is 1. The fourth-order valence-electron chi connectivity index (χ4n) is 2.45. The number of carbonyl (C=O) groups is 2. The molecule has 0 spiro atoms. The first-order chi connectivity index (χ1) is 11.0. The third-order valence-corrected chi connectivity index (χ3v) is 4.00. The summed E-state index contributed by atoms with van der Waals surface area (Å²) in [5.41, 5.74) is 1.44. The Morgan fingerprint density at radius 2 is 2.04 bits per heavy atom. The van der Waals surface area contributed by atoms with Crippen LogP contribution in [-0.2, 0) is 16.0 Å². The summed E-state index contributed by atoms with van der Waals surface area (Å²) in [4.78, 5) is 24.8. The molecule has 128 valence electrons. The summed E-state index contributed by atoms with van der Waals surface area (Å²) in [6, 6.07) is 2.44. The second-order valence-electron chi connectivity index (χ2n) is 4.57. The van der Waals surface area contributed by atoms with Crippen LogP contribution in [0.2, 0.25) is 0 Å². The van der Waals surface area contributed by atoms with Crippen molar-refractivity contribution in [2.75, 3.05) is 20.3 Å². The molecule has 1 heterocycles. The van der Waals surface area contributed by atoms with Gasteiger partial charge in [0.2, 0.25) is 0 Å². The summed E-state index contributed by atoms with van der Waals surface area (Å²) in [6.45, 7) is 6.20. The molecule has 0 aliphatic carbocycles. The molecule has 0 bridgehead atoms. The van der Waals surface area contributed by atoms with E-state index >= 15 is 0 Å². The lowest BCUT2D eigenvalue weighted by Crippen LogP contribution is -2.43. The lowest BCUT2D eigenvalue weighted by atomic mass is 9.92. The van der Waals surface area contributed by atoms with Gasteiger partial charge in [0.1, 0.15) is 5.75 Å². The van der Waals surface area contributed by atoms with Gasteiger partial charge >= 0.3 is 12.1 Å². The molecule has 1 N–H and O–H groups in total. The van der Waals surface area contributed by atoms with Crippen LogP contribution in [0.4, 0.5) is 4.79 Å². The maximum absolute atomic E-state index is 11.9. The van der Waals surface area contributed by atoms with Gasteiger partial charge in [-0.25, -0.2) is 9.59 Å². The highest BCUT2D eigenvalue weighted by molar-refractivity contribution is 9.10. The summed E-state index contributed by atoms with van der Waals surface area (Å²) >= 11 is 3.38. The molecule has 0 radical (unpaired) electrons. The molecule has 1 aromatic rings. The number of methoxy groups -OCH3 is 1. The summed E-state index contributed by atoms with van der Waals surface area (Å²) in [5.74, 6) is -0.556. The molecule has 1 aliphatic rings. The number of halogens is 1. The van der Waals surface area contributed by atoms with Crippen molar-refractivity contribution in [2.24, 2.45) is 0 Å². The molecule has 1 amide bonds. The minimum Gasteiger partial charge on any atom is -0.496 e. The number of fused-ring (bicyclic) bond motifs is 1. The molecule has 1 aromatic carbocycles. The predicted octanol–water partition coefficient (Wildman–Crippen LogP) is 3.62. The van der Waals surface area contributed by atoms with Crippen LogP contribution in [0.3, 0.4) is 0 Å². The normalized spacial score (nSPS) is 15.9. The lowest BCUT2D eigenvalue weighted by molar-refractivity contribution is -0.143. The zero-order valence-corrected chi connectivity index (χ0v) is 15.3. The zero-order valence-electron chi connectivity index (χ0n) is 13.8. The fraction of sp³-hybridized carbons (Fsp3) is 0.500.